The number of hydrogen-bond donors (Lipinski definition) is 2. The van der Waals surface area contributed by atoms with E-state index in [1.165, 1.54) is 0 Å². The maximum Gasteiger partial charge on any atom is 0.214 e. The van der Waals surface area contributed by atoms with Crippen molar-refractivity contribution in [3.63, 3.8) is 0 Å². The molecule has 2 N–H and O–H groups in total. The van der Waals surface area contributed by atoms with E-state index >= 15 is 0 Å². The number of nitrogens with one attached hydrogen (secondary N) is 1. The fourth-order valence-corrected chi connectivity index (χ4v) is 3.04. The summed E-state index contributed by atoms with van der Waals surface area (Å²) in [5.74, 6) is 0.335. The van der Waals surface area contributed by atoms with Crippen molar-refractivity contribution in [1.29, 1.82) is 0 Å². The van der Waals surface area contributed by atoms with E-state index < -0.39 is 16.3 Å². The minimum absolute atomic E-state index is 0.0619. The highest BCUT2D eigenvalue weighted by molar-refractivity contribution is 7.89. The van der Waals surface area contributed by atoms with Crippen molar-refractivity contribution in [2.75, 3.05) is 5.75 Å². The molecule has 0 radical (unpaired) electrons. The van der Waals surface area contributed by atoms with Crippen molar-refractivity contribution in [2.45, 2.75) is 26.5 Å². The molecule has 1 fully saturated rings. The Morgan fingerprint density at radius 1 is 1.58 bits per heavy atom. The molecule has 0 saturated carbocycles. The second-order valence-corrected chi connectivity index (χ2v) is 5.53. The highest BCUT2D eigenvalue weighted by atomic mass is 32.2. The van der Waals surface area contributed by atoms with Gasteiger partial charge in [-0.1, -0.05) is 13.8 Å². The first-order chi connectivity index (χ1) is 5.41. The molecule has 0 bridgehead atoms. The number of hydrogen-bond acceptors (Lipinski definition) is 3. The van der Waals surface area contributed by atoms with E-state index in [4.69, 9.17) is 0 Å². The first-order valence-electron chi connectivity index (χ1n) is 4.09. The lowest BCUT2D eigenvalue weighted by Crippen LogP contribution is -2.28. The molecule has 1 aliphatic heterocycles. The van der Waals surface area contributed by atoms with Crippen LogP contribution >= 0.6 is 0 Å². The van der Waals surface area contributed by atoms with Crippen LogP contribution in [0.3, 0.4) is 0 Å². The first kappa shape index (κ1) is 9.95. The van der Waals surface area contributed by atoms with Crippen LogP contribution < -0.4 is 4.72 Å². The van der Waals surface area contributed by atoms with Gasteiger partial charge in [0.05, 0.1) is 5.75 Å². The average Bonchev–Trinajstić information content (AvgIpc) is 2.03. The van der Waals surface area contributed by atoms with Crippen LogP contribution in [0, 0.1) is 11.8 Å². The monoisotopic (exact) mass is 193 g/mol. The zero-order valence-electron chi connectivity index (χ0n) is 7.32. The molecule has 12 heavy (non-hydrogen) atoms. The molecule has 0 aromatic heterocycles. The second kappa shape index (κ2) is 3.32. The molecule has 2 atom stereocenters. The number of aliphatic hydroxyl groups is 1. The Labute approximate surface area is 73.0 Å². The summed E-state index contributed by atoms with van der Waals surface area (Å²) in [6.45, 7) is 4.02. The van der Waals surface area contributed by atoms with E-state index in [1.807, 2.05) is 13.8 Å². The molecule has 1 heterocycles. The molecular formula is C7H15NO3S. The molecule has 72 valence electrons. The van der Waals surface area contributed by atoms with Crippen molar-refractivity contribution in [3.05, 3.63) is 0 Å². The van der Waals surface area contributed by atoms with Gasteiger partial charge in [-0.3, -0.25) is 0 Å². The van der Waals surface area contributed by atoms with E-state index in [0.29, 0.717) is 5.92 Å². The topological polar surface area (TPSA) is 66.4 Å². The van der Waals surface area contributed by atoms with Crippen LogP contribution in [0.4, 0.5) is 0 Å². The van der Waals surface area contributed by atoms with Gasteiger partial charge in [0.15, 0.2) is 0 Å². The molecule has 1 saturated heterocycles. The maximum atomic E-state index is 11.0. The average molecular weight is 193 g/mol. The molecule has 1 aliphatic rings. The van der Waals surface area contributed by atoms with Gasteiger partial charge in [-0.05, 0) is 12.3 Å². The van der Waals surface area contributed by atoms with Crippen molar-refractivity contribution in [1.82, 2.24) is 4.72 Å². The van der Waals surface area contributed by atoms with Crippen molar-refractivity contribution in [3.8, 4) is 0 Å². The Kier molecular flexibility index (Phi) is 2.75. The highest BCUT2D eigenvalue weighted by Gasteiger charge is 2.35. The summed E-state index contributed by atoms with van der Waals surface area (Å²) in [5, 5.41) is 9.28. The van der Waals surface area contributed by atoms with E-state index in [9.17, 15) is 13.5 Å². The molecule has 0 spiro atoms. The summed E-state index contributed by atoms with van der Waals surface area (Å²) in [4.78, 5) is 0. The Balaban J connectivity index is 2.58. The standard InChI is InChI=1S/C7H15NO3S/c1-5(2)3-6-4-12(10,11)8-7(6)9/h5-9H,3-4H2,1-2H3/t6-,7+/m1/s1. The zero-order valence-corrected chi connectivity index (χ0v) is 8.13. The molecule has 4 nitrogen and oxygen atoms in total. The molecule has 5 heteroatoms. The van der Waals surface area contributed by atoms with Crippen LogP contribution in [0.15, 0.2) is 0 Å². The SMILES string of the molecule is CC(C)C[C@@H]1CS(=O)(=O)N[C@H]1O. The minimum Gasteiger partial charge on any atom is -0.377 e. The smallest absolute Gasteiger partial charge is 0.214 e. The van der Waals surface area contributed by atoms with Crippen LogP contribution in [0.25, 0.3) is 0 Å². The number of sulfonamides is 1. The van der Waals surface area contributed by atoms with Crippen LogP contribution in [-0.4, -0.2) is 25.5 Å². The summed E-state index contributed by atoms with van der Waals surface area (Å²) >= 11 is 0. The van der Waals surface area contributed by atoms with Gasteiger partial charge in [0, 0.05) is 5.92 Å². The van der Waals surface area contributed by atoms with Gasteiger partial charge in [0.25, 0.3) is 0 Å². The van der Waals surface area contributed by atoms with Crippen molar-refractivity contribution >= 4 is 10.0 Å². The Hall–Kier alpha value is -0.130. The third kappa shape index (κ3) is 2.43. The van der Waals surface area contributed by atoms with E-state index in [2.05, 4.69) is 4.72 Å². The highest BCUT2D eigenvalue weighted by Crippen LogP contribution is 2.21. The normalized spacial score (nSPS) is 34.3. The fraction of sp³-hybridized carbons (Fsp3) is 1.00. The second-order valence-electron chi connectivity index (χ2n) is 3.73. The fourth-order valence-electron chi connectivity index (χ4n) is 1.50. The van der Waals surface area contributed by atoms with E-state index in [-0.39, 0.29) is 11.7 Å². The van der Waals surface area contributed by atoms with E-state index in [0.717, 1.165) is 6.42 Å². The lowest BCUT2D eigenvalue weighted by Gasteiger charge is -2.13. The Morgan fingerprint density at radius 3 is 2.50 bits per heavy atom. The molecular weight excluding hydrogens is 178 g/mol. The van der Waals surface area contributed by atoms with Crippen molar-refractivity contribution in [2.24, 2.45) is 11.8 Å². The third-order valence-electron chi connectivity index (χ3n) is 1.95. The molecule has 0 aromatic rings. The summed E-state index contributed by atoms with van der Waals surface area (Å²) in [6.07, 6.45) is -0.134. The Morgan fingerprint density at radius 2 is 2.17 bits per heavy atom. The van der Waals surface area contributed by atoms with Gasteiger partial charge in [-0.15, -0.1) is 0 Å². The van der Waals surface area contributed by atoms with Crippen molar-refractivity contribution < 1.29 is 13.5 Å². The summed E-state index contributed by atoms with van der Waals surface area (Å²) < 4.78 is 24.1. The predicted molar refractivity (Wildman–Crippen MR) is 45.9 cm³/mol. The lowest BCUT2D eigenvalue weighted by molar-refractivity contribution is 0.109. The molecule has 0 aliphatic carbocycles. The third-order valence-corrected chi connectivity index (χ3v) is 3.42. The molecule has 0 aromatic carbocycles. The molecule has 0 unspecified atom stereocenters. The van der Waals surface area contributed by atoms with Crippen LogP contribution in [0.1, 0.15) is 20.3 Å². The van der Waals surface area contributed by atoms with Gasteiger partial charge < -0.3 is 5.11 Å². The lowest BCUT2D eigenvalue weighted by atomic mass is 9.98. The van der Waals surface area contributed by atoms with Crippen LogP contribution in [0.2, 0.25) is 0 Å². The minimum atomic E-state index is -3.19. The van der Waals surface area contributed by atoms with Gasteiger partial charge in [-0.2, -0.15) is 4.72 Å². The number of rotatable bonds is 2. The largest absolute Gasteiger partial charge is 0.377 e. The van der Waals surface area contributed by atoms with Gasteiger partial charge in [0.1, 0.15) is 6.23 Å². The Bertz CT molecular complexity index is 247. The maximum absolute atomic E-state index is 11.0. The summed E-state index contributed by atoms with van der Waals surface area (Å²) in [7, 11) is -3.19. The van der Waals surface area contributed by atoms with Gasteiger partial charge in [0.2, 0.25) is 10.0 Å². The van der Waals surface area contributed by atoms with E-state index in [1.54, 1.807) is 0 Å². The van der Waals surface area contributed by atoms with Gasteiger partial charge >= 0.3 is 0 Å². The van der Waals surface area contributed by atoms with Gasteiger partial charge in [-0.25, -0.2) is 8.42 Å². The van der Waals surface area contributed by atoms with Crippen LogP contribution in [-0.2, 0) is 10.0 Å². The molecule has 0 amide bonds. The number of aliphatic hydroxyl groups excluding tert-OH is 1. The van der Waals surface area contributed by atoms with Crippen LogP contribution in [0.5, 0.6) is 0 Å². The zero-order chi connectivity index (χ0) is 9.35. The summed E-state index contributed by atoms with van der Waals surface area (Å²) in [6, 6.07) is 0. The first-order valence-corrected chi connectivity index (χ1v) is 5.74. The summed E-state index contributed by atoms with van der Waals surface area (Å²) in [5.41, 5.74) is 0. The quantitative estimate of drug-likeness (QED) is 0.643. The molecule has 1 rings (SSSR count). The predicted octanol–water partition coefficient (Wildman–Crippen LogP) is -0.0999.